The van der Waals surface area contributed by atoms with Crippen molar-refractivity contribution < 1.29 is 4.79 Å². The summed E-state index contributed by atoms with van der Waals surface area (Å²) in [5, 5.41) is 2.73. The summed E-state index contributed by atoms with van der Waals surface area (Å²) >= 11 is 0. The highest BCUT2D eigenvalue weighted by Gasteiger charge is 2.22. The Morgan fingerprint density at radius 3 is 2.73 bits per heavy atom. The summed E-state index contributed by atoms with van der Waals surface area (Å²) in [6, 6.07) is 4.74. The van der Waals surface area contributed by atoms with Crippen molar-refractivity contribution in [2.75, 3.05) is 5.32 Å². The van der Waals surface area contributed by atoms with Gasteiger partial charge < -0.3 is 10.3 Å². The molecule has 0 saturated heterocycles. The SMILES string of the molecule is O=C(Nc1cccc(=O)[nH]1)C1CCCC1. The van der Waals surface area contributed by atoms with E-state index in [4.69, 9.17) is 0 Å². The summed E-state index contributed by atoms with van der Waals surface area (Å²) in [4.78, 5) is 25.3. The lowest BCUT2D eigenvalue weighted by Gasteiger charge is -2.09. The number of hydrogen-bond acceptors (Lipinski definition) is 2. The molecule has 0 atom stereocenters. The Labute approximate surface area is 87.7 Å². The van der Waals surface area contributed by atoms with Gasteiger partial charge in [0, 0.05) is 12.0 Å². The van der Waals surface area contributed by atoms with Gasteiger partial charge >= 0.3 is 0 Å². The summed E-state index contributed by atoms with van der Waals surface area (Å²) in [5.74, 6) is 0.627. The number of nitrogens with one attached hydrogen (secondary N) is 2. The maximum Gasteiger partial charge on any atom is 0.249 e. The van der Waals surface area contributed by atoms with E-state index in [1.807, 2.05) is 0 Å². The van der Waals surface area contributed by atoms with Crippen molar-refractivity contribution in [2.24, 2.45) is 5.92 Å². The summed E-state index contributed by atoms with van der Waals surface area (Å²) in [6.45, 7) is 0. The van der Waals surface area contributed by atoms with Gasteiger partial charge in [0.25, 0.3) is 0 Å². The van der Waals surface area contributed by atoms with Gasteiger partial charge in [0.2, 0.25) is 11.5 Å². The topological polar surface area (TPSA) is 62.0 Å². The molecule has 1 saturated carbocycles. The van der Waals surface area contributed by atoms with E-state index >= 15 is 0 Å². The van der Waals surface area contributed by atoms with Crippen LogP contribution in [0.25, 0.3) is 0 Å². The molecular weight excluding hydrogens is 192 g/mol. The molecule has 0 unspecified atom stereocenters. The second kappa shape index (κ2) is 4.29. The van der Waals surface area contributed by atoms with E-state index < -0.39 is 0 Å². The Morgan fingerprint density at radius 2 is 2.07 bits per heavy atom. The van der Waals surface area contributed by atoms with Crippen molar-refractivity contribution in [3.8, 4) is 0 Å². The molecule has 1 aliphatic carbocycles. The Morgan fingerprint density at radius 1 is 1.33 bits per heavy atom. The van der Waals surface area contributed by atoms with Gasteiger partial charge in [-0.1, -0.05) is 18.9 Å². The smallest absolute Gasteiger partial charge is 0.249 e. The minimum atomic E-state index is -0.195. The first kappa shape index (κ1) is 9.96. The van der Waals surface area contributed by atoms with Crippen LogP contribution < -0.4 is 10.9 Å². The van der Waals surface area contributed by atoms with E-state index in [9.17, 15) is 9.59 Å². The summed E-state index contributed by atoms with van der Waals surface area (Å²) in [5.41, 5.74) is -0.195. The van der Waals surface area contributed by atoms with Crippen LogP contribution in [0.5, 0.6) is 0 Å². The number of amides is 1. The average Bonchev–Trinajstić information content (AvgIpc) is 2.70. The first-order valence-corrected chi connectivity index (χ1v) is 5.26. The number of carbonyl (C=O) groups excluding carboxylic acids is 1. The van der Waals surface area contributed by atoms with E-state index in [-0.39, 0.29) is 17.4 Å². The molecule has 4 heteroatoms. The molecule has 1 aromatic heterocycles. The maximum atomic E-state index is 11.7. The fraction of sp³-hybridized carbons (Fsp3) is 0.455. The number of pyridine rings is 1. The molecule has 1 aromatic rings. The number of aromatic amines is 1. The van der Waals surface area contributed by atoms with Crippen molar-refractivity contribution >= 4 is 11.7 Å². The molecular formula is C11H14N2O2. The van der Waals surface area contributed by atoms with Crippen LogP contribution in [0.15, 0.2) is 23.0 Å². The lowest BCUT2D eigenvalue weighted by Crippen LogP contribution is -2.22. The molecule has 1 aliphatic rings. The van der Waals surface area contributed by atoms with E-state index in [2.05, 4.69) is 10.3 Å². The van der Waals surface area contributed by atoms with Crippen LogP contribution in [0.4, 0.5) is 5.82 Å². The molecule has 0 bridgehead atoms. The molecule has 80 valence electrons. The molecule has 0 aromatic carbocycles. The third-order valence-electron chi connectivity index (χ3n) is 2.75. The van der Waals surface area contributed by atoms with Gasteiger partial charge in [-0.05, 0) is 18.9 Å². The number of aromatic nitrogens is 1. The van der Waals surface area contributed by atoms with E-state index in [1.165, 1.54) is 6.07 Å². The molecule has 2 N–H and O–H groups in total. The van der Waals surface area contributed by atoms with Crippen LogP contribution in [0.3, 0.4) is 0 Å². The number of hydrogen-bond donors (Lipinski definition) is 2. The molecule has 0 radical (unpaired) electrons. The Bertz CT molecular complexity index is 405. The van der Waals surface area contributed by atoms with E-state index in [0.29, 0.717) is 5.82 Å². The normalized spacial score (nSPS) is 16.5. The molecule has 1 fully saturated rings. The number of carbonyl (C=O) groups is 1. The minimum absolute atomic E-state index is 0.0225. The number of anilines is 1. The number of H-pyrrole nitrogens is 1. The summed E-state index contributed by atoms with van der Waals surface area (Å²) in [7, 11) is 0. The monoisotopic (exact) mass is 206 g/mol. The first-order chi connectivity index (χ1) is 7.25. The van der Waals surface area contributed by atoms with Crippen molar-refractivity contribution in [1.82, 2.24) is 4.98 Å². The summed E-state index contributed by atoms with van der Waals surface area (Å²) in [6.07, 6.45) is 4.18. The quantitative estimate of drug-likeness (QED) is 0.770. The Balaban J connectivity index is 2.02. The van der Waals surface area contributed by atoms with Crippen LogP contribution in [-0.4, -0.2) is 10.9 Å². The molecule has 0 spiro atoms. The van der Waals surface area contributed by atoms with Crippen LogP contribution in [0.1, 0.15) is 25.7 Å². The second-order valence-corrected chi connectivity index (χ2v) is 3.90. The van der Waals surface area contributed by atoms with Gasteiger partial charge in [0.05, 0.1) is 0 Å². The first-order valence-electron chi connectivity index (χ1n) is 5.26. The van der Waals surface area contributed by atoms with Crippen LogP contribution in [-0.2, 0) is 4.79 Å². The van der Waals surface area contributed by atoms with Crippen LogP contribution in [0.2, 0.25) is 0 Å². The lowest BCUT2D eigenvalue weighted by atomic mass is 10.1. The van der Waals surface area contributed by atoms with Crippen molar-refractivity contribution in [1.29, 1.82) is 0 Å². The van der Waals surface area contributed by atoms with Crippen molar-refractivity contribution in [2.45, 2.75) is 25.7 Å². The van der Waals surface area contributed by atoms with Gasteiger partial charge in [-0.3, -0.25) is 9.59 Å². The Hall–Kier alpha value is -1.58. The van der Waals surface area contributed by atoms with Gasteiger partial charge in [-0.25, -0.2) is 0 Å². The molecule has 15 heavy (non-hydrogen) atoms. The summed E-state index contributed by atoms with van der Waals surface area (Å²) < 4.78 is 0. The third-order valence-corrected chi connectivity index (χ3v) is 2.75. The molecule has 0 aliphatic heterocycles. The zero-order chi connectivity index (χ0) is 10.7. The predicted molar refractivity (Wildman–Crippen MR) is 57.7 cm³/mol. The second-order valence-electron chi connectivity index (χ2n) is 3.90. The molecule has 2 rings (SSSR count). The zero-order valence-corrected chi connectivity index (χ0v) is 8.45. The highest BCUT2D eigenvalue weighted by Crippen LogP contribution is 2.25. The van der Waals surface area contributed by atoms with Gasteiger partial charge in [-0.15, -0.1) is 0 Å². The van der Waals surface area contributed by atoms with Crippen molar-refractivity contribution in [3.63, 3.8) is 0 Å². The molecule has 1 amide bonds. The largest absolute Gasteiger partial charge is 0.312 e. The van der Waals surface area contributed by atoms with E-state index in [1.54, 1.807) is 12.1 Å². The highest BCUT2D eigenvalue weighted by molar-refractivity contribution is 5.91. The van der Waals surface area contributed by atoms with Crippen LogP contribution in [0, 0.1) is 5.92 Å². The maximum absolute atomic E-state index is 11.7. The minimum Gasteiger partial charge on any atom is -0.312 e. The fourth-order valence-electron chi connectivity index (χ4n) is 1.94. The lowest BCUT2D eigenvalue weighted by molar-refractivity contribution is -0.119. The highest BCUT2D eigenvalue weighted by atomic mass is 16.2. The van der Waals surface area contributed by atoms with Gasteiger partial charge in [-0.2, -0.15) is 0 Å². The van der Waals surface area contributed by atoms with Crippen LogP contribution >= 0.6 is 0 Å². The average molecular weight is 206 g/mol. The molecule has 4 nitrogen and oxygen atoms in total. The van der Waals surface area contributed by atoms with Gasteiger partial charge in [0.1, 0.15) is 5.82 Å². The van der Waals surface area contributed by atoms with E-state index in [0.717, 1.165) is 25.7 Å². The number of rotatable bonds is 2. The van der Waals surface area contributed by atoms with Gasteiger partial charge in [0.15, 0.2) is 0 Å². The third kappa shape index (κ3) is 2.46. The molecule has 1 heterocycles. The van der Waals surface area contributed by atoms with Crippen molar-refractivity contribution in [3.05, 3.63) is 28.6 Å². The zero-order valence-electron chi connectivity index (χ0n) is 8.45. The standard InChI is InChI=1S/C11H14N2O2/c14-10-7-3-6-9(12-10)13-11(15)8-4-1-2-5-8/h3,6-8H,1-2,4-5H2,(H2,12,13,14,15). The predicted octanol–water partition coefficient (Wildman–Crippen LogP) is 1.50. The fourth-order valence-corrected chi connectivity index (χ4v) is 1.94. The Kier molecular flexibility index (Phi) is 2.85.